The van der Waals surface area contributed by atoms with Crippen LogP contribution in [0, 0.1) is 0 Å². The molecule has 0 fully saturated rings. The highest BCUT2D eigenvalue weighted by molar-refractivity contribution is 7.80. The highest BCUT2D eigenvalue weighted by atomic mass is 32.1. The molecule has 16 heavy (non-hydrogen) atoms. The zero-order valence-electron chi connectivity index (χ0n) is 10.5. The van der Waals surface area contributed by atoms with Crippen molar-refractivity contribution in [2.75, 3.05) is 19.6 Å². The Balaban J connectivity index is 3.98. The molecule has 0 aliphatic heterocycles. The summed E-state index contributed by atoms with van der Waals surface area (Å²) in [5, 5.41) is 2.88. The number of hydrogen-bond donors (Lipinski definition) is 2. The van der Waals surface area contributed by atoms with Crippen molar-refractivity contribution in [2.24, 2.45) is 5.73 Å². The van der Waals surface area contributed by atoms with E-state index in [0.29, 0.717) is 18.1 Å². The largest absolute Gasteiger partial charge is 0.392 e. The monoisotopic (exact) mass is 245 g/mol. The number of nitrogens with zero attached hydrogens (tertiary/aromatic N) is 1. The van der Waals surface area contributed by atoms with E-state index in [9.17, 15) is 4.79 Å². The molecule has 0 atom stereocenters. The summed E-state index contributed by atoms with van der Waals surface area (Å²) in [5.41, 5.74) is 5.49. The average Bonchev–Trinajstić information content (AvgIpc) is 2.16. The zero-order chi connectivity index (χ0) is 12.6. The molecule has 0 saturated carbocycles. The summed E-state index contributed by atoms with van der Waals surface area (Å²) in [7, 11) is 0. The Labute approximate surface area is 104 Å². The lowest BCUT2D eigenvalue weighted by molar-refractivity contribution is -0.122. The van der Waals surface area contributed by atoms with Crippen LogP contribution in [0.3, 0.4) is 0 Å². The molecule has 0 heterocycles. The second-order valence-electron chi connectivity index (χ2n) is 4.17. The maximum atomic E-state index is 11.6. The van der Waals surface area contributed by atoms with Crippen LogP contribution in [-0.4, -0.2) is 41.5 Å². The number of thiocarbonyl (C=S) groups is 1. The molecule has 3 N–H and O–H groups in total. The fourth-order valence-electron chi connectivity index (χ4n) is 1.27. The minimum absolute atomic E-state index is 0.0402. The van der Waals surface area contributed by atoms with Crippen LogP contribution in [0.15, 0.2) is 0 Å². The predicted octanol–water partition coefficient (Wildman–Crippen LogP) is 0.899. The molecule has 0 aromatic rings. The predicted molar refractivity (Wildman–Crippen MR) is 71.4 cm³/mol. The van der Waals surface area contributed by atoms with E-state index in [-0.39, 0.29) is 11.9 Å². The van der Waals surface area contributed by atoms with Gasteiger partial charge in [-0.2, -0.15) is 0 Å². The fourth-order valence-corrected chi connectivity index (χ4v) is 1.43. The molecule has 0 aliphatic carbocycles. The molecule has 0 aromatic heterocycles. The second-order valence-corrected chi connectivity index (χ2v) is 4.69. The third-order valence-corrected chi connectivity index (χ3v) is 2.42. The molecular formula is C11H23N3OS. The van der Waals surface area contributed by atoms with Gasteiger partial charge in [-0.1, -0.05) is 25.6 Å². The molecule has 94 valence electrons. The lowest BCUT2D eigenvalue weighted by Crippen LogP contribution is -2.44. The summed E-state index contributed by atoms with van der Waals surface area (Å²) in [6, 6.07) is 0.262. The molecule has 1 amide bonds. The van der Waals surface area contributed by atoms with E-state index in [1.54, 1.807) is 0 Å². The first-order chi connectivity index (χ1) is 7.47. The molecule has 4 nitrogen and oxygen atoms in total. The lowest BCUT2D eigenvalue weighted by atomic mass is 10.3. The molecule has 0 unspecified atom stereocenters. The second kappa shape index (κ2) is 8.47. The Morgan fingerprint density at radius 3 is 2.50 bits per heavy atom. The van der Waals surface area contributed by atoms with Crippen molar-refractivity contribution in [1.82, 2.24) is 10.2 Å². The molecule has 5 heteroatoms. The van der Waals surface area contributed by atoms with Gasteiger partial charge in [0.15, 0.2) is 0 Å². The summed E-state index contributed by atoms with van der Waals surface area (Å²) >= 11 is 4.85. The number of hydrogen-bond acceptors (Lipinski definition) is 3. The number of unbranched alkanes of at least 4 members (excludes halogenated alkanes) is 1. The van der Waals surface area contributed by atoms with Gasteiger partial charge in [0.05, 0.1) is 11.5 Å². The quantitative estimate of drug-likeness (QED) is 0.493. The Morgan fingerprint density at radius 1 is 1.44 bits per heavy atom. The van der Waals surface area contributed by atoms with Gasteiger partial charge in [-0.15, -0.1) is 0 Å². The highest BCUT2D eigenvalue weighted by Gasteiger charge is 2.14. The van der Waals surface area contributed by atoms with Crippen molar-refractivity contribution >= 4 is 23.1 Å². The smallest absolute Gasteiger partial charge is 0.234 e. The minimum Gasteiger partial charge on any atom is -0.392 e. The van der Waals surface area contributed by atoms with Gasteiger partial charge in [-0.05, 0) is 20.3 Å². The standard InChI is InChI=1S/C11H23N3OS/c1-4-5-6-13-11(15)8-14(9(2)3)7-10(12)16/h9H,4-8H2,1-3H3,(H2,12,16)(H,13,15). The van der Waals surface area contributed by atoms with E-state index in [0.717, 1.165) is 19.4 Å². The molecule has 0 spiro atoms. The summed E-state index contributed by atoms with van der Waals surface area (Å²) in [4.78, 5) is 14.0. The molecule has 0 aliphatic rings. The summed E-state index contributed by atoms with van der Waals surface area (Å²) in [6.45, 7) is 7.75. The normalized spacial score (nSPS) is 10.8. The van der Waals surface area contributed by atoms with Crippen molar-refractivity contribution < 1.29 is 4.79 Å². The van der Waals surface area contributed by atoms with Gasteiger partial charge in [0.2, 0.25) is 5.91 Å². The van der Waals surface area contributed by atoms with Gasteiger partial charge in [-0.3, -0.25) is 9.69 Å². The SMILES string of the molecule is CCCCNC(=O)CN(CC(N)=S)C(C)C. The summed E-state index contributed by atoms with van der Waals surface area (Å²) < 4.78 is 0. The van der Waals surface area contributed by atoms with E-state index < -0.39 is 0 Å². The summed E-state index contributed by atoms with van der Waals surface area (Å²) in [6.07, 6.45) is 2.10. The Hall–Kier alpha value is -0.680. The van der Waals surface area contributed by atoms with E-state index in [2.05, 4.69) is 12.2 Å². The molecule has 0 bridgehead atoms. The first kappa shape index (κ1) is 15.3. The van der Waals surface area contributed by atoms with Gasteiger partial charge < -0.3 is 11.1 Å². The third-order valence-electron chi connectivity index (χ3n) is 2.29. The number of nitrogens with one attached hydrogen (secondary N) is 1. The highest BCUT2D eigenvalue weighted by Crippen LogP contribution is 1.97. The maximum Gasteiger partial charge on any atom is 0.234 e. The van der Waals surface area contributed by atoms with Crippen LogP contribution in [0.4, 0.5) is 0 Å². The topological polar surface area (TPSA) is 58.4 Å². The van der Waals surface area contributed by atoms with Gasteiger partial charge >= 0.3 is 0 Å². The van der Waals surface area contributed by atoms with Crippen molar-refractivity contribution in [2.45, 2.75) is 39.7 Å². The minimum atomic E-state index is 0.0402. The van der Waals surface area contributed by atoms with E-state index in [1.807, 2.05) is 18.7 Å². The number of amides is 1. The van der Waals surface area contributed by atoms with Gasteiger partial charge in [0, 0.05) is 19.1 Å². The van der Waals surface area contributed by atoms with Crippen LogP contribution < -0.4 is 11.1 Å². The Bertz CT molecular complexity index is 231. The van der Waals surface area contributed by atoms with Crippen LogP contribution in [0.1, 0.15) is 33.6 Å². The number of rotatable bonds is 8. The fraction of sp³-hybridized carbons (Fsp3) is 0.818. The number of carbonyl (C=O) groups excluding carboxylic acids is 1. The van der Waals surface area contributed by atoms with Crippen molar-refractivity contribution in [3.05, 3.63) is 0 Å². The number of carbonyl (C=O) groups is 1. The molecule has 0 saturated heterocycles. The van der Waals surface area contributed by atoms with E-state index in [1.165, 1.54) is 0 Å². The van der Waals surface area contributed by atoms with Crippen LogP contribution in [0.25, 0.3) is 0 Å². The number of nitrogens with two attached hydrogens (primary N) is 1. The van der Waals surface area contributed by atoms with Gasteiger partial charge in [0.1, 0.15) is 0 Å². The first-order valence-corrected chi connectivity index (χ1v) is 6.17. The van der Waals surface area contributed by atoms with Gasteiger partial charge in [0.25, 0.3) is 0 Å². The average molecular weight is 245 g/mol. The van der Waals surface area contributed by atoms with E-state index in [4.69, 9.17) is 18.0 Å². The first-order valence-electron chi connectivity index (χ1n) is 5.76. The van der Waals surface area contributed by atoms with Crippen molar-refractivity contribution in [3.8, 4) is 0 Å². The molecular weight excluding hydrogens is 222 g/mol. The van der Waals surface area contributed by atoms with Crippen LogP contribution >= 0.6 is 12.2 Å². The van der Waals surface area contributed by atoms with Crippen LogP contribution in [0.5, 0.6) is 0 Å². The molecule has 0 aromatic carbocycles. The molecule has 0 radical (unpaired) electrons. The Kier molecular flexibility index (Phi) is 8.11. The van der Waals surface area contributed by atoms with E-state index >= 15 is 0 Å². The van der Waals surface area contributed by atoms with Crippen LogP contribution in [-0.2, 0) is 4.79 Å². The summed E-state index contributed by atoms with van der Waals surface area (Å²) in [5.74, 6) is 0.0402. The third kappa shape index (κ3) is 7.59. The maximum absolute atomic E-state index is 11.6. The van der Waals surface area contributed by atoms with Crippen molar-refractivity contribution in [3.63, 3.8) is 0 Å². The molecule has 0 rings (SSSR count). The lowest BCUT2D eigenvalue weighted by Gasteiger charge is -2.25. The van der Waals surface area contributed by atoms with Gasteiger partial charge in [-0.25, -0.2) is 0 Å². The van der Waals surface area contributed by atoms with Crippen molar-refractivity contribution in [1.29, 1.82) is 0 Å². The van der Waals surface area contributed by atoms with Crippen LogP contribution in [0.2, 0.25) is 0 Å². The Morgan fingerprint density at radius 2 is 2.06 bits per heavy atom. The zero-order valence-corrected chi connectivity index (χ0v) is 11.3.